The molecule has 3 fully saturated rings. The average molecular weight is 547 g/mol. The van der Waals surface area contributed by atoms with Crippen molar-refractivity contribution in [3.8, 4) is 0 Å². The number of hydrogen-bond donors (Lipinski definition) is 1. The zero-order valence-electron chi connectivity index (χ0n) is 23.8. The molecule has 214 valence electrons. The summed E-state index contributed by atoms with van der Waals surface area (Å²) in [6.45, 7) is 7.52. The molecule has 40 heavy (non-hydrogen) atoms. The second-order valence-electron chi connectivity index (χ2n) is 11.3. The summed E-state index contributed by atoms with van der Waals surface area (Å²) in [5, 5.41) is 3.07. The van der Waals surface area contributed by atoms with Gasteiger partial charge in [0.05, 0.1) is 11.5 Å². The molecule has 4 amide bonds. The fourth-order valence-corrected chi connectivity index (χ4v) is 6.64. The molecular weight excluding hydrogens is 504 g/mol. The van der Waals surface area contributed by atoms with E-state index in [2.05, 4.69) is 10.2 Å². The molecule has 3 heterocycles. The number of urea groups is 1. The van der Waals surface area contributed by atoms with Crippen LogP contribution in [0.25, 0.3) is 0 Å². The summed E-state index contributed by atoms with van der Waals surface area (Å²) in [4.78, 5) is 45.8. The number of ether oxygens (including phenoxy) is 1. The Kier molecular flexibility index (Phi) is 8.86. The minimum absolute atomic E-state index is 0.0767. The topological polar surface area (TPSA) is 82.2 Å². The van der Waals surface area contributed by atoms with Gasteiger partial charge in [0, 0.05) is 19.1 Å². The molecule has 0 bridgehead atoms. The van der Waals surface area contributed by atoms with Crippen LogP contribution in [-0.2, 0) is 14.3 Å². The molecule has 0 saturated carbocycles. The minimum atomic E-state index is -0.810. The zero-order valence-corrected chi connectivity index (χ0v) is 23.8. The molecule has 1 unspecified atom stereocenters. The first-order valence-corrected chi connectivity index (χ1v) is 14.9. The molecule has 1 N–H and O–H groups in total. The number of nitrogens with zero attached hydrogens (tertiary/aromatic N) is 3. The summed E-state index contributed by atoms with van der Waals surface area (Å²) in [5.74, 6) is -0.328. The first-order valence-electron chi connectivity index (χ1n) is 14.9. The van der Waals surface area contributed by atoms with Gasteiger partial charge in [-0.15, -0.1) is 0 Å². The van der Waals surface area contributed by atoms with Crippen LogP contribution in [0.4, 0.5) is 4.79 Å². The normalized spacial score (nSPS) is 21.5. The molecule has 8 heteroatoms. The van der Waals surface area contributed by atoms with Gasteiger partial charge in [-0.25, -0.2) is 9.69 Å². The lowest BCUT2D eigenvalue weighted by Crippen LogP contribution is -2.73. The van der Waals surface area contributed by atoms with Crippen molar-refractivity contribution >= 4 is 17.8 Å². The fourth-order valence-electron chi connectivity index (χ4n) is 6.64. The summed E-state index contributed by atoms with van der Waals surface area (Å²) >= 11 is 0. The van der Waals surface area contributed by atoms with Crippen molar-refractivity contribution in [1.29, 1.82) is 0 Å². The van der Waals surface area contributed by atoms with E-state index in [4.69, 9.17) is 4.74 Å². The smallest absolute Gasteiger partial charge is 0.327 e. The predicted octanol–water partition coefficient (Wildman–Crippen LogP) is 4.56. The molecule has 5 rings (SSSR count). The van der Waals surface area contributed by atoms with E-state index in [1.165, 1.54) is 30.8 Å². The Morgan fingerprint density at radius 2 is 1.45 bits per heavy atom. The van der Waals surface area contributed by atoms with Crippen molar-refractivity contribution in [3.05, 3.63) is 71.8 Å². The average Bonchev–Trinajstić information content (AvgIpc) is 3.55. The second kappa shape index (κ2) is 12.5. The van der Waals surface area contributed by atoms with Gasteiger partial charge in [0.2, 0.25) is 11.8 Å². The Hall–Kier alpha value is -3.23. The molecule has 1 atom stereocenters. The summed E-state index contributed by atoms with van der Waals surface area (Å²) in [7, 11) is 0. The number of carbonyl (C=O) groups excluding carboxylic acids is 3. The maximum atomic E-state index is 13.6. The standard InChI is InChI=1S/C32H42N4O4/c1-3-32(4-2)29(38)36(31(39)33-28(24-13-7-5-8-14-24)25-15-9-6-10-16-25)30(32)40-23-27(37)35-21-17-26(18-22-35)34-19-11-12-20-34/h5-10,13-16,26,28,30H,3-4,11-12,17-23H2,1-2H3,(H,33,39). The predicted molar refractivity (Wildman–Crippen MR) is 153 cm³/mol. The quantitative estimate of drug-likeness (QED) is 0.466. The molecule has 0 radical (unpaired) electrons. The molecule has 3 saturated heterocycles. The van der Waals surface area contributed by atoms with E-state index in [1.54, 1.807) is 0 Å². The number of hydrogen-bond acceptors (Lipinski definition) is 5. The highest BCUT2D eigenvalue weighted by Gasteiger charge is 2.62. The van der Waals surface area contributed by atoms with Crippen LogP contribution in [0.3, 0.4) is 0 Å². The number of imide groups is 1. The number of likely N-dealkylation sites (tertiary alicyclic amines) is 3. The number of piperidine rings is 1. The van der Waals surface area contributed by atoms with E-state index < -0.39 is 23.7 Å². The van der Waals surface area contributed by atoms with E-state index >= 15 is 0 Å². The molecule has 3 aliphatic rings. The summed E-state index contributed by atoms with van der Waals surface area (Å²) in [6.07, 6.45) is 4.79. The van der Waals surface area contributed by atoms with Gasteiger partial charge in [0.15, 0.2) is 6.23 Å². The lowest BCUT2D eigenvalue weighted by molar-refractivity contribution is -0.212. The Morgan fingerprint density at radius 1 is 0.900 bits per heavy atom. The Bertz CT molecular complexity index is 1120. The molecule has 2 aromatic rings. The van der Waals surface area contributed by atoms with Crippen molar-refractivity contribution in [1.82, 2.24) is 20.0 Å². The van der Waals surface area contributed by atoms with Crippen LogP contribution in [-0.4, -0.2) is 77.6 Å². The van der Waals surface area contributed by atoms with Gasteiger partial charge in [-0.3, -0.25) is 9.59 Å². The Morgan fingerprint density at radius 3 is 1.98 bits per heavy atom. The third-order valence-corrected chi connectivity index (χ3v) is 9.21. The highest BCUT2D eigenvalue weighted by Crippen LogP contribution is 2.46. The molecule has 3 aliphatic heterocycles. The molecule has 0 aliphatic carbocycles. The molecule has 0 spiro atoms. The van der Waals surface area contributed by atoms with Crippen molar-refractivity contribution in [2.75, 3.05) is 32.8 Å². The van der Waals surface area contributed by atoms with Crippen LogP contribution in [0, 0.1) is 5.41 Å². The number of β-lactam (4-membered cyclic amide) rings is 1. The second-order valence-corrected chi connectivity index (χ2v) is 11.3. The van der Waals surface area contributed by atoms with Crippen LogP contribution in [0.5, 0.6) is 0 Å². The van der Waals surface area contributed by atoms with E-state index in [9.17, 15) is 14.4 Å². The summed E-state index contributed by atoms with van der Waals surface area (Å²) < 4.78 is 6.16. The van der Waals surface area contributed by atoms with Crippen molar-refractivity contribution in [2.24, 2.45) is 5.41 Å². The number of carbonyl (C=O) groups is 3. The van der Waals surface area contributed by atoms with E-state index in [0.29, 0.717) is 18.9 Å². The van der Waals surface area contributed by atoms with Crippen LogP contribution < -0.4 is 5.32 Å². The van der Waals surface area contributed by atoms with Gasteiger partial charge in [-0.1, -0.05) is 74.5 Å². The van der Waals surface area contributed by atoms with Gasteiger partial charge in [0.25, 0.3) is 0 Å². The molecule has 2 aromatic carbocycles. The SMILES string of the molecule is CCC1(CC)C(=O)N(C(=O)NC(c2ccccc2)c2ccccc2)C1OCC(=O)N1CCC(N2CCCC2)CC1. The monoisotopic (exact) mass is 546 g/mol. The summed E-state index contributed by atoms with van der Waals surface area (Å²) in [6, 6.07) is 19.0. The molecular formula is C32H42N4O4. The van der Waals surface area contributed by atoms with Gasteiger partial charge in [-0.2, -0.15) is 0 Å². The van der Waals surface area contributed by atoms with Crippen LogP contribution in [0.1, 0.15) is 69.5 Å². The van der Waals surface area contributed by atoms with Gasteiger partial charge >= 0.3 is 6.03 Å². The highest BCUT2D eigenvalue weighted by atomic mass is 16.5. The minimum Gasteiger partial charge on any atom is -0.347 e. The Labute approximate surface area is 237 Å². The third-order valence-electron chi connectivity index (χ3n) is 9.21. The van der Waals surface area contributed by atoms with Gasteiger partial charge < -0.3 is 19.9 Å². The molecule has 8 nitrogen and oxygen atoms in total. The third kappa shape index (κ3) is 5.52. The maximum Gasteiger partial charge on any atom is 0.327 e. The van der Waals surface area contributed by atoms with Crippen molar-refractivity contribution in [2.45, 2.75) is 70.7 Å². The maximum absolute atomic E-state index is 13.6. The fraction of sp³-hybridized carbons (Fsp3) is 0.531. The lowest BCUT2D eigenvalue weighted by Gasteiger charge is -2.53. The van der Waals surface area contributed by atoms with Crippen LogP contribution in [0.15, 0.2) is 60.7 Å². The van der Waals surface area contributed by atoms with Crippen molar-refractivity contribution in [3.63, 3.8) is 0 Å². The summed E-state index contributed by atoms with van der Waals surface area (Å²) in [5.41, 5.74) is 1.02. The van der Waals surface area contributed by atoms with E-state index in [1.807, 2.05) is 79.4 Å². The number of benzene rings is 2. The van der Waals surface area contributed by atoms with Gasteiger partial charge in [0.1, 0.15) is 6.61 Å². The number of rotatable bonds is 9. The lowest BCUT2D eigenvalue weighted by atomic mass is 9.72. The Balaban J connectivity index is 1.26. The first kappa shape index (κ1) is 28.3. The largest absolute Gasteiger partial charge is 0.347 e. The van der Waals surface area contributed by atoms with Crippen LogP contribution in [0.2, 0.25) is 0 Å². The van der Waals surface area contributed by atoms with Gasteiger partial charge in [-0.05, 0) is 62.7 Å². The van der Waals surface area contributed by atoms with E-state index in [-0.39, 0.29) is 18.4 Å². The zero-order chi connectivity index (χ0) is 28.1. The molecule has 0 aromatic heterocycles. The van der Waals surface area contributed by atoms with E-state index in [0.717, 1.165) is 37.1 Å². The number of amides is 4. The van der Waals surface area contributed by atoms with Crippen molar-refractivity contribution < 1.29 is 19.1 Å². The first-order chi connectivity index (χ1) is 19.5. The highest BCUT2D eigenvalue weighted by molar-refractivity contribution is 6.03. The number of nitrogens with one attached hydrogen (secondary N) is 1. The van der Waals surface area contributed by atoms with Crippen LogP contribution >= 0.6 is 0 Å².